The molecule has 0 atom stereocenters. The third-order valence-corrected chi connectivity index (χ3v) is 5.38. The van der Waals surface area contributed by atoms with Crippen molar-refractivity contribution < 1.29 is 18.4 Å². The summed E-state index contributed by atoms with van der Waals surface area (Å²) in [5.41, 5.74) is 1.36. The average Bonchev–Trinajstić information content (AvgIpc) is 2.66. The summed E-state index contributed by atoms with van der Waals surface area (Å²) in [6.45, 7) is 3.15. The Kier molecular flexibility index (Phi) is 6.42. The normalized spacial score (nSPS) is 15.4. The molecule has 1 aliphatic heterocycles. The number of hydrogen-bond donors (Lipinski definition) is 1. The van der Waals surface area contributed by atoms with Crippen molar-refractivity contribution in [2.24, 2.45) is 5.92 Å². The van der Waals surface area contributed by atoms with Crippen LogP contribution in [0.1, 0.15) is 28.8 Å². The number of ketones is 1. The van der Waals surface area contributed by atoms with E-state index in [1.807, 2.05) is 17.9 Å². The lowest BCUT2D eigenvalue weighted by molar-refractivity contribution is -0.117. The molecular formula is C21H21ClF2N2O2. The SMILES string of the molecule is Cc1ccc(NC(=O)CN2CCC(C(=O)c3cc(F)ccc3F)CC2)cc1Cl. The minimum absolute atomic E-state index is 0.166. The molecule has 1 amide bonds. The summed E-state index contributed by atoms with van der Waals surface area (Å²) < 4.78 is 27.2. The van der Waals surface area contributed by atoms with E-state index in [2.05, 4.69) is 5.32 Å². The van der Waals surface area contributed by atoms with Gasteiger partial charge in [-0.1, -0.05) is 17.7 Å². The maximum atomic E-state index is 13.8. The highest BCUT2D eigenvalue weighted by molar-refractivity contribution is 6.31. The number of anilines is 1. The van der Waals surface area contributed by atoms with Crippen LogP contribution in [0.3, 0.4) is 0 Å². The van der Waals surface area contributed by atoms with Gasteiger partial charge < -0.3 is 5.32 Å². The van der Waals surface area contributed by atoms with Crippen molar-refractivity contribution in [3.05, 3.63) is 64.2 Å². The molecule has 0 bridgehead atoms. The number of Topliss-reactive ketones (excluding diaryl/α,β-unsaturated/α-hetero) is 1. The van der Waals surface area contributed by atoms with Gasteiger partial charge in [-0.05, 0) is 68.8 Å². The molecular weight excluding hydrogens is 386 g/mol. The molecule has 0 spiro atoms. The Morgan fingerprint density at radius 1 is 1.14 bits per heavy atom. The van der Waals surface area contributed by atoms with Crippen LogP contribution in [-0.2, 0) is 4.79 Å². The van der Waals surface area contributed by atoms with Crippen LogP contribution in [0.15, 0.2) is 36.4 Å². The van der Waals surface area contributed by atoms with Crippen LogP contribution in [0.4, 0.5) is 14.5 Å². The maximum Gasteiger partial charge on any atom is 0.238 e. The van der Waals surface area contributed by atoms with E-state index in [0.29, 0.717) is 36.6 Å². The van der Waals surface area contributed by atoms with Crippen LogP contribution in [0.5, 0.6) is 0 Å². The third-order valence-electron chi connectivity index (χ3n) is 4.98. The summed E-state index contributed by atoms with van der Waals surface area (Å²) in [6, 6.07) is 8.24. The van der Waals surface area contributed by atoms with Gasteiger partial charge in [0.05, 0.1) is 12.1 Å². The van der Waals surface area contributed by atoms with Crippen molar-refractivity contribution in [1.29, 1.82) is 0 Å². The van der Waals surface area contributed by atoms with Crippen molar-refractivity contribution in [3.8, 4) is 0 Å². The second-order valence-corrected chi connectivity index (χ2v) is 7.46. The van der Waals surface area contributed by atoms with E-state index in [4.69, 9.17) is 11.6 Å². The Morgan fingerprint density at radius 2 is 1.86 bits per heavy atom. The van der Waals surface area contributed by atoms with E-state index in [9.17, 15) is 18.4 Å². The zero-order valence-electron chi connectivity index (χ0n) is 15.5. The molecule has 7 heteroatoms. The van der Waals surface area contributed by atoms with Crippen molar-refractivity contribution in [2.45, 2.75) is 19.8 Å². The van der Waals surface area contributed by atoms with Gasteiger partial charge in [-0.2, -0.15) is 0 Å². The lowest BCUT2D eigenvalue weighted by atomic mass is 9.88. The first-order valence-corrected chi connectivity index (χ1v) is 9.49. The number of aryl methyl sites for hydroxylation is 1. The molecule has 1 heterocycles. The molecule has 0 saturated carbocycles. The molecule has 0 unspecified atom stereocenters. The summed E-state index contributed by atoms with van der Waals surface area (Å²) in [5.74, 6) is -2.25. The van der Waals surface area contributed by atoms with E-state index in [0.717, 1.165) is 23.8 Å². The van der Waals surface area contributed by atoms with Gasteiger partial charge >= 0.3 is 0 Å². The first kappa shape index (κ1) is 20.4. The van der Waals surface area contributed by atoms with Gasteiger partial charge in [-0.15, -0.1) is 0 Å². The van der Waals surface area contributed by atoms with Gasteiger partial charge in [0.25, 0.3) is 0 Å². The van der Waals surface area contributed by atoms with Gasteiger partial charge in [-0.25, -0.2) is 8.78 Å². The zero-order valence-corrected chi connectivity index (χ0v) is 16.2. The molecule has 1 saturated heterocycles. The lowest BCUT2D eigenvalue weighted by Gasteiger charge is -2.30. The van der Waals surface area contributed by atoms with Crippen molar-refractivity contribution in [1.82, 2.24) is 4.90 Å². The van der Waals surface area contributed by atoms with Crippen LogP contribution in [-0.4, -0.2) is 36.2 Å². The van der Waals surface area contributed by atoms with Gasteiger partial charge in [0, 0.05) is 16.6 Å². The Labute approximate surface area is 167 Å². The van der Waals surface area contributed by atoms with Crippen molar-refractivity contribution in [3.63, 3.8) is 0 Å². The number of carbonyl (C=O) groups excluding carboxylic acids is 2. The molecule has 0 radical (unpaired) electrons. The largest absolute Gasteiger partial charge is 0.325 e. The first-order chi connectivity index (χ1) is 13.3. The highest BCUT2D eigenvalue weighted by atomic mass is 35.5. The number of nitrogens with one attached hydrogen (secondary N) is 1. The number of rotatable bonds is 5. The molecule has 1 aliphatic rings. The molecule has 0 aliphatic carbocycles. The Balaban J connectivity index is 1.52. The lowest BCUT2D eigenvalue weighted by Crippen LogP contribution is -2.40. The van der Waals surface area contributed by atoms with Crippen LogP contribution >= 0.6 is 11.6 Å². The Bertz CT molecular complexity index is 896. The van der Waals surface area contributed by atoms with Crippen LogP contribution in [0.25, 0.3) is 0 Å². The van der Waals surface area contributed by atoms with E-state index in [1.165, 1.54) is 0 Å². The summed E-state index contributed by atoms with van der Waals surface area (Å²) in [4.78, 5) is 26.7. The number of benzene rings is 2. The van der Waals surface area contributed by atoms with E-state index >= 15 is 0 Å². The van der Waals surface area contributed by atoms with Gasteiger partial charge in [0.15, 0.2) is 5.78 Å². The summed E-state index contributed by atoms with van der Waals surface area (Å²) >= 11 is 6.06. The van der Waals surface area contributed by atoms with Gasteiger partial charge in [-0.3, -0.25) is 14.5 Å². The summed E-state index contributed by atoms with van der Waals surface area (Å²) in [5, 5.41) is 3.39. The third kappa shape index (κ3) is 4.94. The first-order valence-electron chi connectivity index (χ1n) is 9.11. The molecule has 2 aromatic carbocycles. The van der Waals surface area contributed by atoms with E-state index in [1.54, 1.807) is 12.1 Å². The number of nitrogens with zero attached hydrogens (tertiary/aromatic N) is 1. The molecule has 2 aromatic rings. The van der Waals surface area contributed by atoms with E-state index < -0.39 is 11.6 Å². The fourth-order valence-electron chi connectivity index (χ4n) is 3.33. The highest BCUT2D eigenvalue weighted by Crippen LogP contribution is 2.24. The van der Waals surface area contributed by atoms with Crippen LogP contribution in [0, 0.1) is 24.5 Å². The predicted molar refractivity (Wildman–Crippen MR) is 105 cm³/mol. The predicted octanol–water partition coefficient (Wildman–Crippen LogP) is 4.46. The minimum atomic E-state index is -0.704. The number of likely N-dealkylation sites (tertiary alicyclic amines) is 1. The smallest absolute Gasteiger partial charge is 0.238 e. The molecule has 0 aromatic heterocycles. The summed E-state index contributed by atoms with van der Waals surface area (Å²) in [6.07, 6.45) is 0.997. The Hall–Kier alpha value is -2.31. The van der Waals surface area contributed by atoms with Gasteiger partial charge in [0.1, 0.15) is 11.6 Å². The molecule has 1 N–H and O–H groups in total. The van der Waals surface area contributed by atoms with Crippen molar-refractivity contribution in [2.75, 3.05) is 25.0 Å². The molecule has 28 heavy (non-hydrogen) atoms. The van der Waals surface area contributed by atoms with Crippen LogP contribution < -0.4 is 5.32 Å². The molecule has 1 fully saturated rings. The molecule has 148 valence electrons. The number of piperidine rings is 1. The van der Waals surface area contributed by atoms with Crippen LogP contribution in [0.2, 0.25) is 5.02 Å². The second kappa shape index (κ2) is 8.80. The van der Waals surface area contributed by atoms with E-state index in [-0.39, 0.29) is 29.7 Å². The molecule has 3 rings (SSSR count). The summed E-state index contributed by atoms with van der Waals surface area (Å²) in [7, 11) is 0. The Morgan fingerprint density at radius 3 is 2.54 bits per heavy atom. The number of hydrogen-bond acceptors (Lipinski definition) is 3. The average molecular weight is 407 g/mol. The van der Waals surface area contributed by atoms with Crippen molar-refractivity contribution >= 4 is 29.0 Å². The molecule has 4 nitrogen and oxygen atoms in total. The van der Waals surface area contributed by atoms with Gasteiger partial charge in [0.2, 0.25) is 5.91 Å². The zero-order chi connectivity index (χ0) is 20.3. The fourth-order valence-corrected chi connectivity index (χ4v) is 3.51. The topological polar surface area (TPSA) is 49.4 Å². The number of amides is 1. The quantitative estimate of drug-likeness (QED) is 0.746. The number of halogens is 3. The second-order valence-electron chi connectivity index (χ2n) is 7.05. The minimum Gasteiger partial charge on any atom is -0.325 e. The number of carbonyl (C=O) groups is 2. The highest BCUT2D eigenvalue weighted by Gasteiger charge is 2.28. The fraction of sp³-hybridized carbons (Fsp3) is 0.333. The maximum absolute atomic E-state index is 13.8. The standard InChI is InChI=1S/C21H21ClF2N2O2/c1-13-2-4-16(11-18(13)22)25-20(27)12-26-8-6-14(7-9-26)21(28)17-10-15(23)3-5-19(17)24/h2-5,10-11,14H,6-9,12H2,1H3,(H,25,27). The monoisotopic (exact) mass is 406 g/mol.